The van der Waals surface area contributed by atoms with Crippen molar-refractivity contribution in [3.05, 3.63) is 89.3 Å². The van der Waals surface area contributed by atoms with E-state index in [0.717, 1.165) is 41.6 Å². The Labute approximate surface area is 210 Å². The average molecular weight is 488 g/mol. The van der Waals surface area contributed by atoms with E-state index in [4.69, 9.17) is 21.4 Å². The maximum atomic E-state index is 12.6. The van der Waals surface area contributed by atoms with Crippen molar-refractivity contribution in [1.82, 2.24) is 10.3 Å². The Morgan fingerprint density at radius 3 is 2.60 bits per heavy atom. The molecule has 35 heavy (non-hydrogen) atoms. The quantitative estimate of drug-likeness (QED) is 0.214. The van der Waals surface area contributed by atoms with Crippen molar-refractivity contribution >= 4 is 40.0 Å². The van der Waals surface area contributed by atoms with Crippen LogP contribution in [0, 0.1) is 0 Å². The minimum absolute atomic E-state index is 0.228. The van der Waals surface area contributed by atoms with Crippen molar-refractivity contribution in [3.63, 3.8) is 0 Å². The lowest BCUT2D eigenvalue weighted by molar-refractivity contribution is 0.0977. The number of anilines is 1. The van der Waals surface area contributed by atoms with Gasteiger partial charge in [0.2, 0.25) is 0 Å². The molecular formula is C28H29N3O3S. The zero-order valence-corrected chi connectivity index (χ0v) is 20.8. The minimum atomic E-state index is -0.290. The van der Waals surface area contributed by atoms with Crippen molar-refractivity contribution in [3.8, 4) is 5.75 Å². The number of hydrogen-bond donors (Lipinski definition) is 2. The standard InChI is InChI=1S/C28H29N3O3S/c1-3-5-15-33-23-8-6-7-21(18-23)27(32)31-28(35)29-22-12-9-20(10-13-22)17-26-30-24-16-19(4-2)11-14-25(24)34-26/h6-14,16,18H,3-5,15,17H2,1-2H3,(H2,29,31,32,35). The van der Waals surface area contributed by atoms with Gasteiger partial charge in [0.25, 0.3) is 5.91 Å². The van der Waals surface area contributed by atoms with Gasteiger partial charge in [-0.25, -0.2) is 4.98 Å². The van der Waals surface area contributed by atoms with Crippen LogP contribution in [0.15, 0.2) is 71.1 Å². The van der Waals surface area contributed by atoms with Crippen LogP contribution in [0.4, 0.5) is 5.69 Å². The highest BCUT2D eigenvalue weighted by Gasteiger charge is 2.10. The van der Waals surface area contributed by atoms with Gasteiger partial charge in [0.1, 0.15) is 11.3 Å². The molecule has 0 aliphatic carbocycles. The van der Waals surface area contributed by atoms with E-state index < -0.39 is 0 Å². The van der Waals surface area contributed by atoms with Gasteiger partial charge in [0.15, 0.2) is 16.6 Å². The molecule has 0 spiro atoms. The second-order valence-corrected chi connectivity index (χ2v) is 8.68. The van der Waals surface area contributed by atoms with Crippen molar-refractivity contribution in [2.24, 2.45) is 0 Å². The summed E-state index contributed by atoms with van der Waals surface area (Å²) in [6, 6.07) is 21.0. The smallest absolute Gasteiger partial charge is 0.257 e. The molecule has 0 aliphatic rings. The molecular weight excluding hydrogens is 458 g/mol. The number of unbranched alkanes of at least 4 members (excludes halogenated alkanes) is 1. The van der Waals surface area contributed by atoms with Crippen LogP contribution in [-0.4, -0.2) is 22.6 Å². The van der Waals surface area contributed by atoms with Crippen LogP contribution >= 0.6 is 12.2 Å². The van der Waals surface area contributed by atoms with E-state index in [1.54, 1.807) is 18.2 Å². The first-order valence-electron chi connectivity index (χ1n) is 11.9. The van der Waals surface area contributed by atoms with E-state index in [2.05, 4.69) is 41.6 Å². The molecule has 4 rings (SSSR count). The number of nitrogens with zero attached hydrogens (tertiary/aromatic N) is 1. The molecule has 0 unspecified atom stereocenters. The summed E-state index contributed by atoms with van der Waals surface area (Å²) in [7, 11) is 0. The van der Waals surface area contributed by atoms with Gasteiger partial charge in [-0.05, 0) is 78.7 Å². The summed E-state index contributed by atoms with van der Waals surface area (Å²) < 4.78 is 11.6. The first-order chi connectivity index (χ1) is 17.0. The molecule has 1 aromatic heterocycles. The summed E-state index contributed by atoms with van der Waals surface area (Å²) in [5.74, 6) is 1.06. The molecule has 3 aromatic carbocycles. The summed E-state index contributed by atoms with van der Waals surface area (Å²) in [6.07, 6.45) is 3.58. The van der Waals surface area contributed by atoms with Crippen molar-refractivity contribution in [2.45, 2.75) is 39.5 Å². The molecule has 0 radical (unpaired) electrons. The Hall–Kier alpha value is -3.71. The predicted molar refractivity (Wildman–Crippen MR) is 143 cm³/mol. The summed E-state index contributed by atoms with van der Waals surface area (Å²) in [4.78, 5) is 17.2. The van der Waals surface area contributed by atoms with Crippen LogP contribution in [0.1, 0.15) is 54.1 Å². The van der Waals surface area contributed by atoms with Crippen LogP contribution < -0.4 is 15.4 Å². The first kappa shape index (κ1) is 24.4. The molecule has 0 saturated carbocycles. The van der Waals surface area contributed by atoms with Crippen LogP contribution in [0.2, 0.25) is 0 Å². The third-order valence-electron chi connectivity index (χ3n) is 5.56. The van der Waals surface area contributed by atoms with Gasteiger partial charge in [-0.3, -0.25) is 10.1 Å². The average Bonchev–Trinajstić information content (AvgIpc) is 3.27. The third-order valence-corrected chi connectivity index (χ3v) is 5.77. The molecule has 1 heterocycles. The van der Waals surface area contributed by atoms with E-state index in [9.17, 15) is 4.79 Å². The molecule has 0 bridgehead atoms. The second-order valence-electron chi connectivity index (χ2n) is 8.28. The highest BCUT2D eigenvalue weighted by atomic mass is 32.1. The zero-order valence-electron chi connectivity index (χ0n) is 20.0. The van der Waals surface area contributed by atoms with Crippen LogP contribution in [0.5, 0.6) is 5.75 Å². The molecule has 6 nitrogen and oxygen atoms in total. The van der Waals surface area contributed by atoms with Gasteiger partial charge in [-0.1, -0.05) is 44.5 Å². The molecule has 7 heteroatoms. The number of hydrogen-bond acceptors (Lipinski definition) is 5. The number of amides is 1. The Morgan fingerprint density at radius 1 is 1.03 bits per heavy atom. The highest BCUT2D eigenvalue weighted by molar-refractivity contribution is 7.80. The number of carbonyl (C=O) groups excluding carboxylic acids is 1. The zero-order chi connectivity index (χ0) is 24.6. The summed E-state index contributed by atoms with van der Waals surface area (Å²) in [6.45, 7) is 4.86. The molecule has 1 amide bonds. The number of carbonyl (C=O) groups is 1. The molecule has 2 N–H and O–H groups in total. The van der Waals surface area contributed by atoms with Gasteiger partial charge in [-0.2, -0.15) is 0 Å². The Balaban J connectivity index is 1.31. The third kappa shape index (κ3) is 6.67. The number of ether oxygens (including phenoxy) is 1. The number of oxazole rings is 1. The Morgan fingerprint density at radius 2 is 1.83 bits per heavy atom. The topological polar surface area (TPSA) is 76.4 Å². The molecule has 4 aromatic rings. The van der Waals surface area contributed by atoms with Crippen LogP contribution in [-0.2, 0) is 12.8 Å². The van der Waals surface area contributed by atoms with E-state index in [0.29, 0.717) is 30.2 Å². The number of nitrogens with one attached hydrogen (secondary N) is 2. The maximum absolute atomic E-state index is 12.6. The minimum Gasteiger partial charge on any atom is -0.494 e. The predicted octanol–water partition coefficient (Wildman–Crippen LogP) is 6.29. The van der Waals surface area contributed by atoms with E-state index in [1.165, 1.54) is 5.56 Å². The molecule has 0 atom stereocenters. The van der Waals surface area contributed by atoms with Crippen LogP contribution in [0.25, 0.3) is 11.1 Å². The fourth-order valence-corrected chi connectivity index (χ4v) is 3.81. The number of thiocarbonyl (C=S) groups is 1. The van der Waals surface area contributed by atoms with E-state index in [-0.39, 0.29) is 11.0 Å². The Kier molecular flexibility index (Phi) is 8.11. The normalized spacial score (nSPS) is 10.8. The summed E-state index contributed by atoms with van der Waals surface area (Å²) in [5, 5.41) is 6.00. The lowest BCUT2D eigenvalue weighted by atomic mass is 10.1. The Bertz CT molecular complexity index is 1310. The van der Waals surface area contributed by atoms with Gasteiger partial charge >= 0.3 is 0 Å². The number of aryl methyl sites for hydroxylation is 1. The number of benzene rings is 3. The van der Waals surface area contributed by atoms with Gasteiger partial charge in [-0.15, -0.1) is 0 Å². The monoisotopic (exact) mass is 487 g/mol. The number of fused-ring (bicyclic) bond motifs is 1. The molecule has 0 saturated heterocycles. The molecule has 0 fully saturated rings. The second kappa shape index (κ2) is 11.6. The number of aromatic nitrogens is 1. The fourth-order valence-electron chi connectivity index (χ4n) is 3.60. The van der Waals surface area contributed by atoms with Gasteiger partial charge in [0.05, 0.1) is 6.61 Å². The van der Waals surface area contributed by atoms with Crippen molar-refractivity contribution in [2.75, 3.05) is 11.9 Å². The van der Waals surface area contributed by atoms with E-state index in [1.807, 2.05) is 36.4 Å². The fraction of sp³-hybridized carbons (Fsp3) is 0.250. The summed E-state index contributed by atoms with van der Waals surface area (Å²) in [5.41, 5.74) is 5.26. The van der Waals surface area contributed by atoms with Crippen molar-refractivity contribution in [1.29, 1.82) is 0 Å². The lowest BCUT2D eigenvalue weighted by Crippen LogP contribution is -2.34. The SMILES string of the molecule is CCCCOc1cccc(C(=O)NC(=S)Nc2ccc(Cc3nc4cc(CC)ccc4o3)cc2)c1. The van der Waals surface area contributed by atoms with Crippen LogP contribution in [0.3, 0.4) is 0 Å². The molecule has 180 valence electrons. The molecule has 0 aliphatic heterocycles. The van der Waals surface area contributed by atoms with Crippen molar-refractivity contribution < 1.29 is 13.9 Å². The van der Waals surface area contributed by atoms with Gasteiger partial charge in [0, 0.05) is 17.7 Å². The largest absolute Gasteiger partial charge is 0.494 e. The first-order valence-corrected chi connectivity index (χ1v) is 12.3. The van der Waals surface area contributed by atoms with E-state index >= 15 is 0 Å². The summed E-state index contributed by atoms with van der Waals surface area (Å²) >= 11 is 5.33. The number of rotatable bonds is 9. The maximum Gasteiger partial charge on any atom is 0.257 e. The lowest BCUT2D eigenvalue weighted by Gasteiger charge is -2.11. The van der Waals surface area contributed by atoms with Gasteiger partial charge < -0.3 is 14.5 Å². The highest BCUT2D eigenvalue weighted by Crippen LogP contribution is 2.20.